The molecule has 0 bridgehead atoms. The normalized spacial score (nSPS) is 12.4. The molecule has 0 spiro atoms. The first kappa shape index (κ1) is 13.0. The van der Waals surface area contributed by atoms with Crippen molar-refractivity contribution in [1.29, 1.82) is 0 Å². The molecule has 1 aromatic carbocycles. The van der Waals surface area contributed by atoms with Gasteiger partial charge in [0.2, 0.25) is 0 Å². The zero-order valence-corrected chi connectivity index (χ0v) is 10.1. The number of carbonyl (C=O) groups is 1. The average Bonchev–Trinajstić information content (AvgIpc) is 2.29. The van der Waals surface area contributed by atoms with E-state index < -0.39 is 16.6 Å². The monoisotopic (exact) mass is 242 g/mol. The van der Waals surface area contributed by atoms with E-state index >= 15 is 0 Å². The molecule has 1 unspecified atom stereocenters. The summed E-state index contributed by atoms with van der Waals surface area (Å²) in [6.07, 6.45) is 1.48. The van der Waals surface area contributed by atoms with Gasteiger partial charge in [0.1, 0.15) is 11.6 Å². The summed E-state index contributed by atoms with van der Waals surface area (Å²) in [7, 11) is -1.34. The Hall–Kier alpha value is -1.03. The quantitative estimate of drug-likeness (QED) is 0.768. The van der Waals surface area contributed by atoms with Crippen LogP contribution in [0.2, 0.25) is 0 Å². The van der Waals surface area contributed by atoms with Crippen LogP contribution in [0.1, 0.15) is 26.2 Å². The number of halogens is 1. The lowest BCUT2D eigenvalue weighted by atomic mass is 10.2. The topological polar surface area (TPSA) is 34.1 Å². The molecule has 4 heteroatoms. The van der Waals surface area contributed by atoms with Crippen molar-refractivity contribution in [3.63, 3.8) is 0 Å². The molecule has 0 amide bonds. The zero-order valence-electron chi connectivity index (χ0n) is 9.24. The maximum absolute atomic E-state index is 13.2. The number of carbonyl (C=O) groups excluding carboxylic acids is 1. The van der Waals surface area contributed by atoms with Crippen LogP contribution in [-0.2, 0) is 15.6 Å². The second-order valence-electron chi connectivity index (χ2n) is 3.48. The van der Waals surface area contributed by atoms with Crippen molar-refractivity contribution in [2.24, 2.45) is 0 Å². The lowest BCUT2D eigenvalue weighted by molar-refractivity contribution is -0.118. The summed E-state index contributed by atoms with van der Waals surface area (Å²) in [5.41, 5.74) is 0. The summed E-state index contributed by atoms with van der Waals surface area (Å²) < 4.78 is 24.9. The van der Waals surface area contributed by atoms with Gasteiger partial charge in [0.25, 0.3) is 0 Å². The SMILES string of the molecule is CCC(=O)CCCS(=O)c1ccccc1F. The van der Waals surface area contributed by atoms with Crippen LogP contribution in [0.15, 0.2) is 29.2 Å². The van der Waals surface area contributed by atoms with Crippen molar-refractivity contribution >= 4 is 16.6 Å². The van der Waals surface area contributed by atoms with E-state index in [9.17, 15) is 13.4 Å². The molecule has 1 rings (SSSR count). The second kappa shape index (κ2) is 6.53. The highest BCUT2D eigenvalue weighted by Gasteiger charge is 2.09. The Morgan fingerprint density at radius 1 is 1.38 bits per heavy atom. The van der Waals surface area contributed by atoms with Crippen LogP contribution in [0.4, 0.5) is 4.39 Å². The molecule has 0 aliphatic heterocycles. The molecule has 0 aromatic heterocycles. The van der Waals surface area contributed by atoms with E-state index in [1.165, 1.54) is 12.1 Å². The first-order valence-corrected chi connectivity index (χ1v) is 6.61. The van der Waals surface area contributed by atoms with Gasteiger partial charge in [-0.15, -0.1) is 0 Å². The minimum Gasteiger partial charge on any atom is -0.300 e. The van der Waals surface area contributed by atoms with Gasteiger partial charge in [-0.2, -0.15) is 0 Å². The highest BCUT2D eigenvalue weighted by molar-refractivity contribution is 7.85. The molecule has 2 nitrogen and oxygen atoms in total. The van der Waals surface area contributed by atoms with E-state index in [1.54, 1.807) is 19.1 Å². The van der Waals surface area contributed by atoms with Crippen molar-refractivity contribution in [2.45, 2.75) is 31.1 Å². The molecule has 0 aliphatic rings. The predicted octanol–water partition coefficient (Wildman–Crippen LogP) is 2.69. The summed E-state index contributed by atoms with van der Waals surface area (Å²) >= 11 is 0. The second-order valence-corrected chi connectivity index (χ2v) is 5.01. The van der Waals surface area contributed by atoms with Crippen LogP contribution in [0.5, 0.6) is 0 Å². The van der Waals surface area contributed by atoms with Gasteiger partial charge in [0.15, 0.2) is 0 Å². The van der Waals surface area contributed by atoms with Gasteiger partial charge < -0.3 is 0 Å². The minimum absolute atomic E-state index is 0.158. The molecule has 0 fully saturated rings. The van der Waals surface area contributed by atoms with Crippen LogP contribution in [-0.4, -0.2) is 15.7 Å². The Bertz CT molecular complexity index is 390. The van der Waals surface area contributed by atoms with Gasteiger partial charge in [0, 0.05) is 18.6 Å². The fourth-order valence-electron chi connectivity index (χ4n) is 1.32. The molecule has 1 aromatic rings. The molecule has 0 aliphatic carbocycles. The van der Waals surface area contributed by atoms with Gasteiger partial charge in [-0.25, -0.2) is 4.39 Å². The zero-order chi connectivity index (χ0) is 12.0. The van der Waals surface area contributed by atoms with Crippen LogP contribution in [0.3, 0.4) is 0 Å². The van der Waals surface area contributed by atoms with Crippen molar-refractivity contribution in [2.75, 3.05) is 5.75 Å². The molecular formula is C12H15FO2S. The molecule has 88 valence electrons. The molecule has 0 saturated carbocycles. The Kier molecular flexibility index (Phi) is 5.32. The van der Waals surface area contributed by atoms with E-state index in [4.69, 9.17) is 0 Å². The molecule has 1 atom stereocenters. The minimum atomic E-state index is -1.34. The van der Waals surface area contributed by atoms with Crippen molar-refractivity contribution in [3.8, 4) is 0 Å². The average molecular weight is 242 g/mol. The number of Topliss-reactive ketones (excluding diaryl/α,β-unsaturated/α-hetero) is 1. The van der Waals surface area contributed by atoms with Gasteiger partial charge in [-0.1, -0.05) is 19.1 Å². The Morgan fingerprint density at radius 3 is 2.69 bits per heavy atom. The van der Waals surface area contributed by atoms with Crippen molar-refractivity contribution in [1.82, 2.24) is 0 Å². The maximum atomic E-state index is 13.2. The first-order valence-electron chi connectivity index (χ1n) is 5.29. The van der Waals surface area contributed by atoms with Crippen LogP contribution in [0.25, 0.3) is 0 Å². The number of ketones is 1. The molecular weight excluding hydrogens is 227 g/mol. The fraction of sp³-hybridized carbons (Fsp3) is 0.417. The fourth-order valence-corrected chi connectivity index (χ4v) is 2.46. The lowest BCUT2D eigenvalue weighted by Gasteiger charge is -2.02. The summed E-state index contributed by atoms with van der Waals surface area (Å²) in [4.78, 5) is 11.3. The molecule has 16 heavy (non-hydrogen) atoms. The van der Waals surface area contributed by atoms with E-state index in [2.05, 4.69) is 0 Å². The first-order chi connectivity index (χ1) is 7.65. The summed E-state index contributed by atoms with van der Waals surface area (Å²) in [6, 6.07) is 6.04. The van der Waals surface area contributed by atoms with Crippen molar-refractivity contribution < 1.29 is 13.4 Å². The van der Waals surface area contributed by atoms with Gasteiger partial charge in [-0.05, 0) is 18.6 Å². The lowest BCUT2D eigenvalue weighted by Crippen LogP contribution is -2.03. The highest BCUT2D eigenvalue weighted by atomic mass is 32.2. The molecule has 0 N–H and O–H groups in total. The standard InChI is InChI=1S/C12H15FO2S/c1-2-10(14)6-5-9-16(15)12-8-4-3-7-11(12)13/h3-4,7-8H,2,5-6,9H2,1H3. The molecule has 0 saturated heterocycles. The summed E-state index contributed by atoms with van der Waals surface area (Å²) in [6.45, 7) is 1.80. The van der Waals surface area contributed by atoms with E-state index in [-0.39, 0.29) is 10.7 Å². The third-order valence-electron chi connectivity index (χ3n) is 2.26. The van der Waals surface area contributed by atoms with Crippen LogP contribution in [0, 0.1) is 5.82 Å². The van der Waals surface area contributed by atoms with Crippen molar-refractivity contribution in [3.05, 3.63) is 30.1 Å². The molecule has 0 heterocycles. The third-order valence-corrected chi connectivity index (χ3v) is 3.74. The number of hydrogen-bond donors (Lipinski definition) is 0. The van der Waals surface area contributed by atoms with Gasteiger partial charge in [0.05, 0.1) is 15.7 Å². The smallest absolute Gasteiger partial charge is 0.139 e. The maximum Gasteiger partial charge on any atom is 0.139 e. The van der Waals surface area contributed by atoms with E-state index in [0.717, 1.165) is 0 Å². The van der Waals surface area contributed by atoms with E-state index in [1.807, 2.05) is 0 Å². The Balaban J connectivity index is 2.47. The van der Waals surface area contributed by atoms with Crippen LogP contribution < -0.4 is 0 Å². The largest absolute Gasteiger partial charge is 0.300 e. The summed E-state index contributed by atoms with van der Waals surface area (Å²) in [5, 5.41) is 0. The van der Waals surface area contributed by atoms with E-state index in [0.29, 0.717) is 25.0 Å². The number of benzene rings is 1. The van der Waals surface area contributed by atoms with Gasteiger partial charge in [-0.3, -0.25) is 9.00 Å². The Morgan fingerprint density at radius 2 is 2.06 bits per heavy atom. The molecule has 0 radical (unpaired) electrons. The number of hydrogen-bond acceptors (Lipinski definition) is 2. The van der Waals surface area contributed by atoms with Crippen LogP contribution >= 0.6 is 0 Å². The predicted molar refractivity (Wildman–Crippen MR) is 62.2 cm³/mol. The highest BCUT2D eigenvalue weighted by Crippen LogP contribution is 2.13. The van der Waals surface area contributed by atoms with Gasteiger partial charge >= 0.3 is 0 Å². The Labute approximate surface area is 97.3 Å². The third kappa shape index (κ3) is 3.85. The number of rotatable bonds is 6. The summed E-state index contributed by atoms with van der Waals surface area (Å²) in [5.74, 6) is 0.0559.